The SMILES string of the molecule is Cc1ccc(Cn2cc(C(=O)O)ccc2=O)cn1. The maximum atomic E-state index is 11.6. The van der Waals surface area contributed by atoms with Gasteiger partial charge < -0.3 is 9.67 Å². The fourth-order valence-electron chi connectivity index (χ4n) is 1.57. The minimum atomic E-state index is -1.05. The third-order valence-corrected chi connectivity index (χ3v) is 2.56. The molecule has 0 saturated carbocycles. The summed E-state index contributed by atoms with van der Waals surface area (Å²) in [6.07, 6.45) is 3.01. The molecular formula is C13H12N2O3. The number of rotatable bonds is 3. The van der Waals surface area contributed by atoms with Gasteiger partial charge in [-0.3, -0.25) is 9.78 Å². The second-order valence-electron chi connectivity index (χ2n) is 4.00. The molecule has 5 nitrogen and oxygen atoms in total. The largest absolute Gasteiger partial charge is 0.478 e. The summed E-state index contributed by atoms with van der Waals surface area (Å²) in [6, 6.07) is 6.27. The Bertz CT molecular complexity index is 629. The van der Waals surface area contributed by atoms with E-state index >= 15 is 0 Å². The number of nitrogens with zero attached hydrogens (tertiary/aromatic N) is 2. The van der Waals surface area contributed by atoms with E-state index in [0.717, 1.165) is 11.3 Å². The Hall–Kier alpha value is -2.43. The molecule has 0 amide bonds. The zero-order valence-electron chi connectivity index (χ0n) is 9.83. The van der Waals surface area contributed by atoms with Crippen molar-refractivity contribution in [1.82, 2.24) is 9.55 Å². The van der Waals surface area contributed by atoms with E-state index < -0.39 is 5.97 Å². The lowest BCUT2D eigenvalue weighted by atomic mass is 10.2. The van der Waals surface area contributed by atoms with Crippen molar-refractivity contribution in [3.8, 4) is 0 Å². The molecule has 2 aromatic heterocycles. The first-order valence-electron chi connectivity index (χ1n) is 5.41. The lowest BCUT2D eigenvalue weighted by molar-refractivity contribution is 0.0696. The van der Waals surface area contributed by atoms with E-state index in [1.165, 1.54) is 22.9 Å². The molecule has 0 aliphatic carbocycles. The zero-order chi connectivity index (χ0) is 13.1. The molecule has 0 aromatic carbocycles. The number of pyridine rings is 2. The van der Waals surface area contributed by atoms with Gasteiger partial charge in [0.05, 0.1) is 12.1 Å². The van der Waals surface area contributed by atoms with E-state index in [2.05, 4.69) is 4.98 Å². The molecule has 0 spiro atoms. The van der Waals surface area contributed by atoms with Gasteiger partial charge in [-0.05, 0) is 24.6 Å². The summed E-state index contributed by atoms with van der Waals surface area (Å²) in [6.45, 7) is 2.19. The predicted molar refractivity (Wildman–Crippen MR) is 65.7 cm³/mol. The van der Waals surface area contributed by atoms with Gasteiger partial charge in [0.1, 0.15) is 0 Å². The monoisotopic (exact) mass is 244 g/mol. The number of aromatic nitrogens is 2. The molecule has 0 saturated heterocycles. The highest BCUT2D eigenvalue weighted by Crippen LogP contribution is 2.03. The van der Waals surface area contributed by atoms with Crippen molar-refractivity contribution < 1.29 is 9.90 Å². The summed E-state index contributed by atoms with van der Waals surface area (Å²) in [5.41, 5.74) is 1.60. The van der Waals surface area contributed by atoms with Crippen LogP contribution in [0.2, 0.25) is 0 Å². The van der Waals surface area contributed by atoms with Gasteiger partial charge in [0.25, 0.3) is 5.56 Å². The molecule has 0 unspecified atom stereocenters. The van der Waals surface area contributed by atoms with Crippen LogP contribution >= 0.6 is 0 Å². The number of aromatic carboxylic acids is 1. The Labute approximate surface area is 103 Å². The van der Waals surface area contributed by atoms with Crippen LogP contribution in [0.25, 0.3) is 0 Å². The molecule has 0 fully saturated rings. The first-order valence-corrected chi connectivity index (χ1v) is 5.41. The second-order valence-corrected chi connectivity index (χ2v) is 4.00. The van der Waals surface area contributed by atoms with Gasteiger partial charge in [0, 0.05) is 24.2 Å². The van der Waals surface area contributed by atoms with Crippen LogP contribution in [0, 0.1) is 6.92 Å². The molecule has 0 radical (unpaired) electrons. The van der Waals surface area contributed by atoms with Gasteiger partial charge in [-0.25, -0.2) is 4.79 Å². The van der Waals surface area contributed by atoms with Crippen LogP contribution in [0.15, 0.2) is 41.5 Å². The molecule has 2 rings (SSSR count). The Balaban J connectivity index is 2.33. The Kier molecular flexibility index (Phi) is 3.23. The molecule has 2 aromatic rings. The third-order valence-electron chi connectivity index (χ3n) is 2.56. The second kappa shape index (κ2) is 4.83. The number of hydrogen-bond acceptors (Lipinski definition) is 3. The maximum Gasteiger partial charge on any atom is 0.337 e. The molecule has 1 N–H and O–H groups in total. The summed E-state index contributed by atoms with van der Waals surface area (Å²) in [5, 5.41) is 8.87. The lowest BCUT2D eigenvalue weighted by Crippen LogP contribution is -2.20. The number of carboxylic acids is 1. The van der Waals surface area contributed by atoms with Gasteiger partial charge in [0.15, 0.2) is 0 Å². The van der Waals surface area contributed by atoms with Crippen LogP contribution < -0.4 is 5.56 Å². The molecule has 5 heteroatoms. The molecule has 0 aliphatic heterocycles. The van der Waals surface area contributed by atoms with Gasteiger partial charge in [-0.2, -0.15) is 0 Å². The van der Waals surface area contributed by atoms with E-state index in [4.69, 9.17) is 5.11 Å². The van der Waals surface area contributed by atoms with Crippen LogP contribution in [0.3, 0.4) is 0 Å². The Morgan fingerprint density at radius 3 is 2.72 bits per heavy atom. The van der Waals surface area contributed by atoms with Crippen LogP contribution in [0.5, 0.6) is 0 Å². The molecule has 92 valence electrons. The number of carbonyl (C=O) groups is 1. The summed E-state index contributed by atoms with van der Waals surface area (Å²) in [7, 11) is 0. The standard InChI is InChI=1S/C13H12N2O3/c1-9-2-3-10(6-14-9)7-15-8-11(13(17)18)4-5-12(15)16/h2-6,8H,7H2,1H3,(H,17,18). The fraction of sp³-hybridized carbons (Fsp3) is 0.154. The molecule has 0 bridgehead atoms. The molecule has 0 aliphatic rings. The molecular weight excluding hydrogens is 232 g/mol. The first kappa shape index (κ1) is 12.0. The van der Waals surface area contributed by atoms with Gasteiger partial charge >= 0.3 is 5.97 Å². The van der Waals surface area contributed by atoms with Gasteiger partial charge in [-0.1, -0.05) is 6.07 Å². The molecule has 2 heterocycles. The Morgan fingerprint density at radius 2 is 2.11 bits per heavy atom. The quantitative estimate of drug-likeness (QED) is 0.883. The highest BCUT2D eigenvalue weighted by Gasteiger charge is 2.05. The van der Waals surface area contributed by atoms with E-state index in [1.54, 1.807) is 6.20 Å². The molecule has 18 heavy (non-hydrogen) atoms. The van der Waals surface area contributed by atoms with E-state index in [1.807, 2.05) is 19.1 Å². The minimum absolute atomic E-state index is 0.0923. The normalized spacial score (nSPS) is 10.3. The highest BCUT2D eigenvalue weighted by molar-refractivity contribution is 5.87. The number of hydrogen-bond donors (Lipinski definition) is 1. The topological polar surface area (TPSA) is 72.2 Å². The fourth-order valence-corrected chi connectivity index (χ4v) is 1.57. The minimum Gasteiger partial charge on any atom is -0.478 e. The van der Waals surface area contributed by atoms with Gasteiger partial charge in [0.2, 0.25) is 0 Å². The van der Waals surface area contributed by atoms with Crippen LogP contribution in [-0.4, -0.2) is 20.6 Å². The summed E-state index contributed by atoms with van der Waals surface area (Å²) < 4.78 is 1.36. The van der Waals surface area contributed by atoms with Gasteiger partial charge in [-0.15, -0.1) is 0 Å². The van der Waals surface area contributed by atoms with Crippen molar-refractivity contribution in [2.75, 3.05) is 0 Å². The van der Waals surface area contributed by atoms with Crippen LogP contribution in [0.1, 0.15) is 21.6 Å². The maximum absolute atomic E-state index is 11.6. The van der Waals surface area contributed by atoms with E-state index in [0.29, 0.717) is 6.54 Å². The van der Waals surface area contributed by atoms with Crippen molar-refractivity contribution in [3.05, 3.63) is 63.8 Å². The summed E-state index contributed by atoms with van der Waals surface area (Å²) in [4.78, 5) is 26.6. The van der Waals surface area contributed by atoms with Crippen molar-refractivity contribution in [2.45, 2.75) is 13.5 Å². The number of carboxylic acid groups (broad SMARTS) is 1. The Morgan fingerprint density at radius 1 is 1.33 bits per heavy atom. The predicted octanol–water partition coefficient (Wildman–Crippen LogP) is 1.30. The highest BCUT2D eigenvalue weighted by atomic mass is 16.4. The van der Waals surface area contributed by atoms with E-state index in [-0.39, 0.29) is 11.1 Å². The van der Waals surface area contributed by atoms with Crippen LogP contribution in [-0.2, 0) is 6.54 Å². The summed E-state index contributed by atoms with van der Waals surface area (Å²) >= 11 is 0. The first-order chi connectivity index (χ1) is 8.56. The van der Waals surface area contributed by atoms with Crippen LogP contribution in [0.4, 0.5) is 0 Å². The number of aryl methyl sites for hydroxylation is 1. The van der Waals surface area contributed by atoms with Crippen molar-refractivity contribution in [2.24, 2.45) is 0 Å². The van der Waals surface area contributed by atoms with Crippen molar-refractivity contribution >= 4 is 5.97 Å². The molecule has 0 atom stereocenters. The third kappa shape index (κ3) is 2.63. The lowest BCUT2D eigenvalue weighted by Gasteiger charge is -2.06. The average Bonchev–Trinajstić information content (AvgIpc) is 2.34. The van der Waals surface area contributed by atoms with Crippen molar-refractivity contribution in [1.29, 1.82) is 0 Å². The zero-order valence-corrected chi connectivity index (χ0v) is 9.83. The smallest absolute Gasteiger partial charge is 0.337 e. The summed E-state index contributed by atoms with van der Waals surface area (Å²) in [5.74, 6) is -1.05. The van der Waals surface area contributed by atoms with Crippen molar-refractivity contribution in [3.63, 3.8) is 0 Å². The van der Waals surface area contributed by atoms with E-state index in [9.17, 15) is 9.59 Å². The average molecular weight is 244 g/mol.